The van der Waals surface area contributed by atoms with Crippen molar-refractivity contribution in [2.45, 2.75) is 52.0 Å². The van der Waals surface area contributed by atoms with Crippen LogP contribution in [-0.4, -0.2) is 34.3 Å². The van der Waals surface area contributed by atoms with Gasteiger partial charge in [0.2, 0.25) is 0 Å². The fourth-order valence-corrected chi connectivity index (χ4v) is 5.07. The summed E-state index contributed by atoms with van der Waals surface area (Å²) < 4.78 is 13.3. The second-order valence-electron chi connectivity index (χ2n) is 10.8. The second-order valence-corrected chi connectivity index (χ2v) is 10.8. The highest BCUT2D eigenvalue weighted by molar-refractivity contribution is 6.02. The summed E-state index contributed by atoms with van der Waals surface area (Å²) in [6.45, 7) is 6.96. The van der Waals surface area contributed by atoms with Crippen LogP contribution < -0.4 is 15.0 Å². The van der Waals surface area contributed by atoms with E-state index in [9.17, 15) is 20.1 Å². The number of nitrogens with zero attached hydrogens (tertiary/aromatic N) is 4. The van der Waals surface area contributed by atoms with Gasteiger partial charge in [0.15, 0.2) is 0 Å². The minimum atomic E-state index is -1.06. The van der Waals surface area contributed by atoms with Gasteiger partial charge in [0.05, 0.1) is 29.0 Å². The Hall–Kier alpha value is -5.28. The monoisotopic (exact) mass is 547 g/mol. The topological polar surface area (TPSA) is 120 Å². The molecule has 0 radical (unpaired) electrons. The van der Waals surface area contributed by atoms with Gasteiger partial charge in [-0.25, -0.2) is 4.79 Å². The molecule has 2 amide bonds. The SMILES string of the molecule is C[C@@H]1Oc2ccccc2N(Cc2c(C#N)n(-c3ccccc3C#N)c3ccccc23)C(=O)[C@H]1NC(=O)OC(C)(C)C. The molecule has 9 nitrogen and oxygen atoms in total. The quantitative estimate of drug-likeness (QED) is 0.356. The number of alkyl carbamates (subject to hydrolysis) is 1. The first-order valence-electron chi connectivity index (χ1n) is 13.2. The third kappa shape index (κ3) is 5.18. The number of carbonyl (C=O) groups excluding carboxylic acids is 2. The van der Waals surface area contributed by atoms with Crippen molar-refractivity contribution in [2.75, 3.05) is 4.90 Å². The van der Waals surface area contributed by atoms with Crippen molar-refractivity contribution < 1.29 is 19.1 Å². The third-order valence-corrected chi connectivity index (χ3v) is 6.81. The minimum Gasteiger partial charge on any atom is -0.486 e. The van der Waals surface area contributed by atoms with Gasteiger partial charge >= 0.3 is 6.09 Å². The summed E-state index contributed by atoms with van der Waals surface area (Å²) in [5, 5.41) is 23.7. The van der Waals surface area contributed by atoms with Crippen LogP contribution in [0.15, 0.2) is 72.8 Å². The van der Waals surface area contributed by atoms with Crippen LogP contribution >= 0.6 is 0 Å². The highest BCUT2D eigenvalue weighted by Crippen LogP contribution is 2.37. The molecule has 1 aliphatic heterocycles. The fraction of sp³-hybridized carbons (Fsp3) is 0.250. The van der Waals surface area contributed by atoms with Gasteiger partial charge in [-0.15, -0.1) is 0 Å². The number of para-hydroxylation sites is 4. The molecule has 0 spiro atoms. The maximum absolute atomic E-state index is 14.2. The largest absolute Gasteiger partial charge is 0.486 e. The summed E-state index contributed by atoms with van der Waals surface area (Å²) in [5.74, 6) is 0.0605. The number of aromatic nitrogens is 1. The third-order valence-electron chi connectivity index (χ3n) is 6.81. The van der Waals surface area contributed by atoms with Gasteiger partial charge in [0.1, 0.15) is 41.3 Å². The molecule has 2 heterocycles. The number of benzene rings is 3. The molecule has 0 saturated heterocycles. The number of amides is 2. The summed E-state index contributed by atoms with van der Waals surface area (Å²) in [6.07, 6.45) is -1.44. The van der Waals surface area contributed by atoms with Gasteiger partial charge in [-0.1, -0.05) is 42.5 Å². The number of ether oxygens (including phenoxy) is 2. The number of hydrogen-bond donors (Lipinski definition) is 1. The predicted molar refractivity (Wildman–Crippen MR) is 154 cm³/mol. The van der Waals surface area contributed by atoms with E-state index in [0.717, 1.165) is 10.9 Å². The molecular weight excluding hydrogens is 518 g/mol. The first kappa shape index (κ1) is 27.3. The maximum atomic E-state index is 14.2. The van der Waals surface area contributed by atoms with E-state index >= 15 is 0 Å². The second kappa shape index (κ2) is 10.7. The molecule has 1 N–H and O–H groups in total. The summed E-state index contributed by atoms with van der Waals surface area (Å²) in [7, 11) is 0. The zero-order chi connectivity index (χ0) is 29.3. The normalized spacial score (nSPS) is 16.6. The lowest BCUT2D eigenvalue weighted by atomic mass is 10.1. The molecule has 2 atom stereocenters. The maximum Gasteiger partial charge on any atom is 0.408 e. The molecule has 1 aliphatic rings. The number of nitriles is 2. The highest BCUT2D eigenvalue weighted by Gasteiger charge is 2.39. The van der Waals surface area contributed by atoms with Gasteiger partial charge in [0, 0.05) is 10.9 Å². The zero-order valence-corrected chi connectivity index (χ0v) is 23.2. The lowest BCUT2D eigenvalue weighted by Crippen LogP contribution is -2.54. The van der Waals surface area contributed by atoms with Crippen LogP contribution in [0.1, 0.15) is 44.5 Å². The summed E-state index contributed by atoms with van der Waals surface area (Å²) in [5.41, 5.74) is 2.36. The Morgan fingerprint density at radius 3 is 2.34 bits per heavy atom. The Labute approximate surface area is 238 Å². The van der Waals surface area contributed by atoms with Crippen molar-refractivity contribution in [1.29, 1.82) is 10.5 Å². The van der Waals surface area contributed by atoms with Gasteiger partial charge in [0.25, 0.3) is 5.91 Å². The molecule has 5 rings (SSSR count). The van der Waals surface area contributed by atoms with E-state index in [1.54, 1.807) is 74.7 Å². The van der Waals surface area contributed by atoms with Crippen molar-refractivity contribution in [2.24, 2.45) is 0 Å². The first-order chi connectivity index (χ1) is 19.6. The van der Waals surface area contributed by atoms with E-state index in [4.69, 9.17) is 9.47 Å². The fourth-order valence-electron chi connectivity index (χ4n) is 5.07. The van der Waals surface area contributed by atoms with E-state index in [-0.39, 0.29) is 6.54 Å². The van der Waals surface area contributed by atoms with Crippen LogP contribution in [-0.2, 0) is 16.1 Å². The average molecular weight is 548 g/mol. The van der Waals surface area contributed by atoms with E-state index < -0.39 is 29.7 Å². The van der Waals surface area contributed by atoms with E-state index in [0.29, 0.717) is 33.9 Å². The number of rotatable bonds is 4. The molecule has 0 unspecified atom stereocenters. The number of nitrogens with one attached hydrogen (secondary N) is 1. The predicted octanol–water partition coefficient (Wildman–Crippen LogP) is 5.58. The Bertz CT molecular complexity index is 1740. The first-order valence-corrected chi connectivity index (χ1v) is 13.2. The molecule has 0 bridgehead atoms. The molecule has 3 aromatic carbocycles. The molecule has 41 heavy (non-hydrogen) atoms. The lowest BCUT2D eigenvalue weighted by Gasteiger charge is -2.28. The van der Waals surface area contributed by atoms with Crippen molar-refractivity contribution >= 4 is 28.6 Å². The van der Waals surface area contributed by atoms with Crippen LogP contribution in [0.3, 0.4) is 0 Å². The number of hydrogen-bond acceptors (Lipinski definition) is 6. The van der Waals surface area contributed by atoms with E-state index in [1.807, 2.05) is 30.3 Å². The summed E-state index contributed by atoms with van der Waals surface area (Å²) >= 11 is 0. The Balaban J connectivity index is 1.65. The van der Waals surface area contributed by atoms with Crippen LogP contribution in [0, 0.1) is 22.7 Å². The van der Waals surface area contributed by atoms with Crippen LogP contribution in [0.2, 0.25) is 0 Å². The Morgan fingerprint density at radius 2 is 1.63 bits per heavy atom. The van der Waals surface area contributed by atoms with Gasteiger partial charge in [-0.2, -0.15) is 10.5 Å². The van der Waals surface area contributed by atoms with Crippen LogP contribution in [0.25, 0.3) is 16.6 Å². The van der Waals surface area contributed by atoms with E-state index in [1.165, 1.54) is 4.90 Å². The molecular formula is C32H29N5O4. The molecule has 0 saturated carbocycles. The van der Waals surface area contributed by atoms with Crippen LogP contribution in [0.4, 0.5) is 10.5 Å². The molecule has 0 aliphatic carbocycles. The average Bonchev–Trinajstić information content (AvgIpc) is 3.21. The molecule has 4 aromatic rings. The molecule has 206 valence electrons. The van der Waals surface area contributed by atoms with Crippen molar-refractivity contribution in [3.05, 3.63) is 89.6 Å². The van der Waals surface area contributed by atoms with Gasteiger partial charge < -0.3 is 19.7 Å². The Kier molecular flexibility index (Phi) is 7.13. The molecule has 1 aromatic heterocycles. The van der Waals surface area contributed by atoms with Crippen LogP contribution in [0.5, 0.6) is 5.75 Å². The summed E-state index contributed by atoms with van der Waals surface area (Å²) in [4.78, 5) is 28.4. The Morgan fingerprint density at radius 1 is 0.976 bits per heavy atom. The van der Waals surface area contributed by atoms with Crippen molar-refractivity contribution in [3.63, 3.8) is 0 Å². The number of carbonyl (C=O) groups is 2. The van der Waals surface area contributed by atoms with Gasteiger partial charge in [-0.3, -0.25) is 9.36 Å². The number of anilines is 1. The van der Waals surface area contributed by atoms with Crippen molar-refractivity contribution in [1.82, 2.24) is 9.88 Å². The highest BCUT2D eigenvalue weighted by atomic mass is 16.6. The molecule has 9 heteroatoms. The number of fused-ring (bicyclic) bond motifs is 2. The smallest absolute Gasteiger partial charge is 0.408 e. The zero-order valence-electron chi connectivity index (χ0n) is 23.2. The summed E-state index contributed by atoms with van der Waals surface area (Å²) in [6, 6.07) is 25.2. The van der Waals surface area contributed by atoms with E-state index in [2.05, 4.69) is 17.5 Å². The van der Waals surface area contributed by atoms with Gasteiger partial charge in [-0.05, 0) is 58.0 Å². The lowest BCUT2D eigenvalue weighted by molar-refractivity contribution is -0.122. The molecule has 0 fully saturated rings. The minimum absolute atomic E-state index is 0.0174. The van der Waals surface area contributed by atoms with Crippen molar-refractivity contribution in [3.8, 4) is 23.6 Å². The standard InChI is InChI=1S/C32H29N5O4/c1-20-29(35-31(39)41-32(2,3)4)30(38)36(26-15-9-10-16-28(26)40-20)19-23-22-12-6-8-14-25(22)37(27(23)18-34)24-13-7-5-11-21(24)17-33/h5-16,20,29H,19H2,1-4H3,(H,35,39)/t20-,29-/m0/s1.